The number of urea groups is 1. The Balaban J connectivity index is 1.25. The van der Waals surface area contributed by atoms with Crippen LogP contribution in [0.5, 0.6) is 11.5 Å². The van der Waals surface area contributed by atoms with Crippen LogP contribution in [0.1, 0.15) is 30.9 Å². The minimum absolute atomic E-state index is 0.189. The molecular weight excluding hydrogens is 464 g/mol. The number of para-hydroxylation sites is 1. The molecule has 3 aromatic rings. The average molecular weight is 489 g/mol. The van der Waals surface area contributed by atoms with Crippen molar-refractivity contribution in [2.24, 2.45) is 0 Å². The molecule has 2 unspecified atom stereocenters. The van der Waals surface area contributed by atoms with Crippen LogP contribution in [0.4, 0.5) is 16.2 Å². The van der Waals surface area contributed by atoms with Crippen LogP contribution in [0.2, 0.25) is 0 Å². The normalized spacial score (nSPS) is 24.6. The van der Waals surface area contributed by atoms with Crippen molar-refractivity contribution in [2.45, 2.75) is 47.7 Å². The van der Waals surface area contributed by atoms with Crippen molar-refractivity contribution in [1.29, 1.82) is 0 Å². The number of pyridine rings is 1. The first-order chi connectivity index (χ1) is 17.1. The molecule has 35 heavy (non-hydrogen) atoms. The van der Waals surface area contributed by atoms with Gasteiger partial charge in [0.2, 0.25) is 5.91 Å². The van der Waals surface area contributed by atoms with Crippen LogP contribution in [-0.2, 0) is 4.79 Å². The van der Waals surface area contributed by atoms with Crippen LogP contribution >= 0.6 is 11.8 Å². The smallest absolute Gasteiger partial charge is 0.327 e. The Hall–Kier alpha value is -3.56. The molecular formula is C26H24N4O4S. The molecule has 8 nitrogen and oxygen atoms in total. The topological polar surface area (TPSA) is 104 Å². The van der Waals surface area contributed by atoms with E-state index in [1.54, 1.807) is 17.2 Å². The minimum Gasteiger partial charge on any atom is -0.457 e. The molecule has 6 rings (SSSR count). The molecule has 178 valence electrons. The van der Waals surface area contributed by atoms with E-state index in [0.717, 1.165) is 29.2 Å². The number of thioether (sulfide) groups is 1. The summed E-state index contributed by atoms with van der Waals surface area (Å²) in [6, 6.07) is 17.6. The maximum Gasteiger partial charge on any atom is 0.327 e. The van der Waals surface area contributed by atoms with Gasteiger partial charge < -0.3 is 20.5 Å². The number of carbonyl (C=O) groups excluding carboxylic acids is 2. The van der Waals surface area contributed by atoms with Crippen LogP contribution in [-0.4, -0.2) is 39.4 Å². The molecule has 0 saturated heterocycles. The first kappa shape index (κ1) is 21.9. The van der Waals surface area contributed by atoms with Gasteiger partial charge in [-0.05, 0) is 61.7 Å². The second-order valence-corrected chi connectivity index (χ2v) is 10.0. The predicted octanol–water partition coefficient (Wildman–Crippen LogP) is 4.28. The van der Waals surface area contributed by atoms with Gasteiger partial charge in [0, 0.05) is 11.8 Å². The van der Waals surface area contributed by atoms with E-state index in [-0.39, 0.29) is 18.0 Å². The highest BCUT2D eigenvalue weighted by molar-refractivity contribution is 8.01. The van der Waals surface area contributed by atoms with E-state index in [4.69, 9.17) is 4.74 Å². The second-order valence-electron chi connectivity index (χ2n) is 8.87. The summed E-state index contributed by atoms with van der Waals surface area (Å²) < 4.78 is 5.87. The first-order valence-electron chi connectivity index (χ1n) is 11.7. The van der Waals surface area contributed by atoms with Crippen molar-refractivity contribution in [3.63, 3.8) is 0 Å². The summed E-state index contributed by atoms with van der Waals surface area (Å²) in [6.07, 6.45) is 3.48. The van der Waals surface area contributed by atoms with E-state index in [1.807, 2.05) is 54.6 Å². The summed E-state index contributed by atoms with van der Waals surface area (Å²) in [4.78, 5) is 32.5. The van der Waals surface area contributed by atoms with Crippen LogP contribution < -0.4 is 20.3 Å². The number of hydrogen-bond donors (Lipinski definition) is 3. The van der Waals surface area contributed by atoms with Crippen molar-refractivity contribution in [3.05, 3.63) is 72.4 Å². The van der Waals surface area contributed by atoms with Gasteiger partial charge in [-0.2, -0.15) is 0 Å². The number of anilines is 2. The van der Waals surface area contributed by atoms with Gasteiger partial charge in [-0.25, -0.2) is 9.78 Å². The quantitative estimate of drug-likeness (QED) is 0.495. The van der Waals surface area contributed by atoms with Gasteiger partial charge in [0.1, 0.15) is 21.8 Å². The van der Waals surface area contributed by atoms with E-state index in [0.29, 0.717) is 23.5 Å². The highest BCUT2D eigenvalue weighted by atomic mass is 32.2. The predicted molar refractivity (Wildman–Crippen MR) is 132 cm³/mol. The molecule has 0 bridgehead atoms. The summed E-state index contributed by atoms with van der Waals surface area (Å²) >= 11 is 1.35. The Morgan fingerprint density at radius 3 is 2.60 bits per heavy atom. The lowest BCUT2D eigenvalue weighted by atomic mass is 9.99. The molecule has 2 aromatic carbocycles. The standard InChI is InChI=1S/C26H24N4O4S/c31-20-8-4-7-18(20)28-24(32)23-22-21-19(13-14-27-25(21)35-23)30(26(33)29-22)15-9-11-17(12-10-15)34-16-5-2-1-3-6-16/h1-3,5-6,9-14,18,20,22-23,31H,4,7-8H2,(H,28,32)(H,29,33)/t18-,20-,22?,23?/m1/s1. The zero-order chi connectivity index (χ0) is 23.9. The number of hydrogen-bond acceptors (Lipinski definition) is 6. The molecule has 3 N–H and O–H groups in total. The fourth-order valence-electron chi connectivity index (χ4n) is 4.94. The van der Waals surface area contributed by atoms with E-state index in [9.17, 15) is 14.7 Å². The van der Waals surface area contributed by atoms with E-state index in [1.165, 1.54) is 11.8 Å². The number of rotatable bonds is 5. The number of nitrogens with one attached hydrogen (secondary N) is 2. The summed E-state index contributed by atoms with van der Waals surface area (Å²) in [5.74, 6) is 1.21. The SMILES string of the molecule is O=C(N[C@@H]1CCC[C@H]1O)C1Sc2nccc3c2C1NC(=O)N3c1ccc(Oc2ccccc2)cc1. The van der Waals surface area contributed by atoms with E-state index in [2.05, 4.69) is 15.6 Å². The zero-order valence-electron chi connectivity index (χ0n) is 18.8. The van der Waals surface area contributed by atoms with Crippen LogP contribution in [0, 0.1) is 0 Å². The third kappa shape index (κ3) is 4.00. The van der Waals surface area contributed by atoms with Crippen LogP contribution in [0.25, 0.3) is 0 Å². The fraction of sp³-hybridized carbons (Fsp3) is 0.269. The molecule has 9 heteroatoms. The highest BCUT2D eigenvalue weighted by Gasteiger charge is 2.47. The molecule has 0 spiro atoms. The molecule has 1 aliphatic carbocycles. The number of amides is 3. The molecule has 0 radical (unpaired) electrons. The molecule has 1 fully saturated rings. The Kier molecular flexibility index (Phi) is 5.58. The highest BCUT2D eigenvalue weighted by Crippen LogP contribution is 2.50. The number of ether oxygens (including phenoxy) is 1. The lowest BCUT2D eigenvalue weighted by Crippen LogP contribution is -2.51. The van der Waals surface area contributed by atoms with Crippen molar-refractivity contribution in [2.75, 3.05) is 4.90 Å². The van der Waals surface area contributed by atoms with Crippen molar-refractivity contribution in [3.8, 4) is 11.5 Å². The average Bonchev–Trinajstić information content (AvgIpc) is 3.44. The molecule has 2 aliphatic heterocycles. The number of carbonyl (C=O) groups is 2. The van der Waals surface area contributed by atoms with E-state index >= 15 is 0 Å². The molecule has 3 heterocycles. The Bertz CT molecular complexity index is 1270. The van der Waals surface area contributed by atoms with E-state index < -0.39 is 17.4 Å². The number of nitrogens with zero attached hydrogens (tertiary/aromatic N) is 2. The van der Waals surface area contributed by atoms with Gasteiger partial charge in [0.05, 0.1) is 29.6 Å². The monoisotopic (exact) mass is 488 g/mol. The molecule has 1 saturated carbocycles. The fourth-order valence-corrected chi connectivity index (χ4v) is 6.18. The third-order valence-corrected chi connectivity index (χ3v) is 7.93. The Morgan fingerprint density at radius 1 is 1.09 bits per heavy atom. The third-order valence-electron chi connectivity index (χ3n) is 6.65. The Labute approximate surface area is 206 Å². The first-order valence-corrected chi connectivity index (χ1v) is 12.5. The maximum absolute atomic E-state index is 13.3. The van der Waals surface area contributed by atoms with Gasteiger partial charge in [0.15, 0.2) is 0 Å². The van der Waals surface area contributed by atoms with Gasteiger partial charge in [-0.3, -0.25) is 9.69 Å². The minimum atomic E-state index is -0.542. The largest absolute Gasteiger partial charge is 0.457 e. The number of aromatic nitrogens is 1. The van der Waals surface area contributed by atoms with Crippen LogP contribution in [0.15, 0.2) is 71.9 Å². The zero-order valence-corrected chi connectivity index (χ0v) is 19.6. The van der Waals surface area contributed by atoms with Gasteiger partial charge in [-0.15, -0.1) is 0 Å². The lowest BCUT2D eigenvalue weighted by molar-refractivity contribution is -0.122. The van der Waals surface area contributed by atoms with Gasteiger partial charge >= 0.3 is 6.03 Å². The molecule has 3 amide bonds. The van der Waals surface area contributed by atoms with Crippen LogP contribution in [0.3, 0.4) is 0 Å². The van der Waals surface area contributed by atoms with Gasteiger partial charge in [0.25, 0.3) is 0 Å². The molecule has 4 atom stereocenters. The number of aliphatic hydroxyl groups excluding tert-OH is 1. The number of aliphatic hydroxyl groups is 1. The lowest BCUT2D eigenvalue weighted by Gasteiger charge is -2.34. The molecule has 3 aliphatic rings. The summed E-state index contributed by atoms with van der Waals surface area (Å²) in [5.41, 5.74) is 2.24. The van der Waals surface area contributed by atoms with Crippen molar-refractivity contribution in [1.82, 2.24) is 15.6 Å². The second kappa shape index (κ2) is 8.90. The molecule has 1 aromatic heterocycles. The van der Waals surface area contributed by atoms with Gasteiger partial charge in [-0.1, -0.05) is 30.0 Å². The van der Waals surface area contributed by atoms with Crippen molar-refractivity contribution < 1.29 is 19.4 Å². The maximum atomic E-state index is 13.3. The summed E-state index contributed by atoms with van der Waals surface area (Å²) in [6.45, 7) is 0. The Morgan fingerprint density at radius 2 is 1.86 bits per heavy atom. The van der Waals surface area contributed by atoms with Crippen molar-refractivity contribution >= 4 is 35.1 Å². The number of benzene rings is 2. The summed E-state index contributed by atoms with van der Waals surface area (Å²) in [7, 11) is 0. The summed E-state index contributed by atoms with van der Waals surface area (Å²) in [5, 5.41) is 16.3.